The van der Waals surface area contributed by atoms with E-state index >= 15 is 0 Å². The van der Waals surface area contributed by atoms with E-state index in [9.17, 15) is 9.18 Å². The van der Waals surface area contributed by atoms with Crippen LogP contribution in [0.2, 0.25) is 0 Å². The summed E-state index contributed by atoms with van der Waals surface area (Å²) in [5.41, 5.74) is 0. The number of amides is 1. The van der Waals surface area contributed by atoms with E-state index in [2.05, 4.69) is 29.4 Å². The molecule has 2 aromatic rings. The first-order chi connectivity index (χ1) is 10.6. The zero-order valence-corrected chi connectivity index (χ0v) is 14.1. The summed E-state index contributed by atoms with van der Waals surface area (Å²) in [4.78, 5) is 12.8. The fourth-order valence-electron chi connectivity index (χ4n) is 1.92. The molecule has 0 unspecified atom stereocenters. The van der Waals surface area contributed by atoms with Crippen molar-refractivity contribution in [2.45, 2.75) is 37.5 Å². The number of benzene rings is 1. The molecule has 0 spiro atoms. The average molecular weight is 339 g/mol. The standard InChI is InChI=1S/C15H18FN3OS2/c1-3-10(4-2)14-18-19-15(22-14)17-13(20)9-21-12-7-5-11(16)6-8-12/h5-8,10H,3-4,9H2,1-2H3,(H,17,19,20). The van der Waals surface area contributed by atoms with Gasteiger partial charge in [0.2, 0.25) is 11.0 Å². The molecule has 0 saturated heterocycles. The van der Waals surface area contributed by atoms with E-state index in [1.54, 1.807) is 12.1 Å². The number of anilines is 1. The fourth-order valence-corrected chi connectivity index (χ4v) is 3.65. The van der Waals surface area contributed by atoms with Gasteiger partial charge in [-0.2, -0.15) is 0 Å². The number of aromatic nitrogens is 2. The number of carbonyl (C=O) groups is 1. The van der Waals surface area contributed by atoms with E-state index in [0.717, 1.165) is 22.7 Å². The average Bonchev–Trinajstić information content (AvgIpc) is 2.96. The molecule has 0 atom stereocenters. The number of hydrogen-bond donors (Lipinski definition) is 1. The van der Waals surface area contributed by atoms with Crippen molar-refractivity contribution in [3.8, 4) is 0 Å². The SMILES string of the molecule is CCC(CC)c1nnc(NC(=O)CSc2ccc(F)cc2)s1. The smallest absolute Gasteiger partial charge is 0.236 e. The predicted octanol–water partition coefficient (Wildman–Crippen LogP) is 4.31. The first-order valence-electron chi connectivity index (χ1n) is 7.14. The second-order valence-electron chi connectivity index (χ2n) is 4.75. The van der Waals surface area contributed by atoms with E-state index in [4.69, 9.17) is 0 Å². The van der Waals surface area contributed by atoms with Gasteiger partial charge in [-0.25, -0.2) is 4.39 Å². The molecule has 0 fully saturated rings. The maximum absolute atomic E-state index is 12.8. The van der Waals surface area contributed by atoms with Crippen molar-refractivity contribution >= 4 is 34.1 Å². The fraction of sp³-hybridized carbons (Fsp3) is 0.400. The van der Waals surface area contributed by atoms with Gasteiger partial charge < -0.3 is 0 Å². The van der Waals surface area contributed by atoms with Gasteiger partial charge in [-0.15, -0.1) is 22.0 Å². The van der Waals surface area contributed by atoms with Gasteiger partial charge in [-0.1, -0.05) is 25.2 Å². The minimum atomic E-state index is -0.281. The molecular weight excluding hydrogens is 321 g/mol. The second kappa shape index (κ2) is 8.24. The monoisotopic (exact) mass is 339 g/mol. The molecule has 118 valence electrons. The Kier molecular flexibility index (Phi) is 6.33. The van der Waals surface area contributed by atoms with Crippen molar-refractivity contribution in [1.82, 2.24) is 10.2 Å². The lowest BCUT2D eigenvalue weighted by atomic mass is 10.1. The van der Waals surface area contributed by atoms with Gasteiger partial charge >= 0.3 is 0 Å². The van der Waals surface area contributed by atoms with Crippen molar-refractivity contribution in [2.24, 2.45) is 0 Å². The van der Waals surface area contributed by atoms with Crippen molar-refractivity contribution in [1.29, 1.82) is 0 Å². The molecule has 7 heteroatoms. The Morgan fingerprint density at radius 2 is 1.95 bits per heavy atom. The van der Waals surface area contributed by atoms with Crippen LogP contribution in [0.15, 0.2) is 29.2 Å². The van der Waals surface area contributed by atoms with Gasteiger partial charge in [-0.05, 0) is 37.1 Å². The summed E-state index contributed by atoms with van der Waals surface area (Å²) in [7, 11) is 0. The van der Waals surface area contributed by atoms with Gasteiger partial charge in [0.25, 0.3) is 0 Å². The molecular formula is C15H18FN3OS2. The van der Waals surface area contributed by atoms with Crippen LogP contribution in [0.4, 0.5) is 9.52 Å². The maximum atomic E-state index is 12.8. The molecule has 0 aliphatic carbocycles. The minimum Gasteiger partial charge on any atom is -0.300 e. The lowest BCUT2D eigenvalue weighted by molar-refractivity contribution is -0.113. The van der Waals surface area contributed by atoms with Crippen LogP contribution in [0.5, 0.6) is 0 Å². The number of hydrogen-bond acceptors (Lipinski definition) is 5. The van der Waals surface area contributed by atoms with E-state index in [1.165, 1.54) is 35.2 Å². The van der Waals surface area contributed by atoms with E-state index in [-0.39, 0.29) is 17.5 Å². The molecule has 0 aliphatic heterocycles. The predicted molar refractivity (Wildman–Crippen MR) is 89.0 cm³/mol. The Morgan fingerprint density at radius 1 is 1.27 bits per heavy atom. The number of nitrogens with zero attached hydrogens (tertiary/aromatic N) is 2. The number of thioether (sulfide) groups is 1. The van der Waals surface area contributed by atoms with Crippen LogP contribution in [0, 0.1) is 5.82 Å². The molecule has 1 N–H and O–H groups in total. The van der Waals surface area contributed by atoms with Crippen LogP contribution in [0.25, 0.3) is 0 Å². The largest absolute Gasteiger partial charge is 0.300 e. The van der Waals surface area contributed by atoms with Gasteiger partial charge in [0.1, 0.15) is 10.8 Å². The second-order valence-corrected chi connectivity index (χ2v) is 6.81. The molecule has 0 saturated carbocycles. The lowest BCUT2D eigenvalue weighted by Gasteiger charge is -2.05. The third-order valence-electron chi connectivity index (χ3n) is 3.21. The Bertz CT molecular complexity index is 612. The number of rotatable bonds is 7. The lowest BCUT2D eigenvalue weighted by Crippen LogP contribution is -2.13. The van der Waals surface area contributed by atoms with Crippen LogP contribution in [0.1, 0.15) is 37.6 Å². The molecule has 22 heavy (non-hydrogen) atoms. The molecule has 2 rings (SSSR count). The summed E-state index contributed by atoms with van der Waals surface area (Å²) in [6, 6.07) is 6.08. The zero-order valence-electron chi connectivity index (χ0n) is 12.5. The van der Waals surface area contributed by atoms with Gasteiger partial charge in [0.05, 0.1) is 5.75 Å². The summed E-state index contributed by atoms with van der Waals surface area (Å²) in [5.74, 6) is 0.237. The van der Waals surface area contributed by atoms with Gasteiger partial charge in [0, 0.05) is 10.8 Å². The van der Waals surface area contributed by atoms with Crippen molar-refractivity contribution in [2.75, 3.05) is 11.1 Å². The molecule has 1 amide bonds. The van der Waals surface area contributed by atoms with E-state index < -0.39 is 0 Å². The quantitative estimate of drug-likeness (QED) is 0.764. The van der Waals surface area contributed by atoms with Gasteiger partial charge in [-0.3, -0.25) is 10.1 Å². The van der Waals surface area contributed by atoms with Crippen molar-refractivity contribution < 1.29 is 9.18 Å². The zero-order chi connectivity index (χ0) is 15.9. The Morgan fingerprint density at radius 3 is 2.59 bits per heavy atom. The number of carbonyl (C=O) groups excluding carboxylic acids is 1. The normalized spacial score (nSPS) is 10.9. The highest BCUT2D eigenvalue weighted by Gasteiger charge is 2.14. The summed E-state index contributed by atoms with van der Waals surface area (Å²) in [5, 5.41) is 12.4. The van der Waals surface area contributed by atoms with Gasteiger partial charge in [0.15, 0.2) is 0 Å². The van der Waals surface area contributed by atoms with E-state index in [1.807, 2.05) is 0 Å². The molecule has 4 nitrogen and oxygen atoms in total. The molecule has 1 aromatic heterocycles. The third kappa shape index (κ3) is 4.78. The Hall–Kier alpha value is -1.47. The van der Waals surface area contributed by atoms with Crippen LogP contribution in [0.3, 0.4) is 0 Å². The first-order valence-corrected chi connectivity index (χ1v) is 8.94. The van der Waals surface area contributed by atoms with Crippen molar-refractivity contribution in [3.05, 3.63) is 35.1 Å². The van der Waals surface area contributed by atoms with Crippen LogP contribution < -0.4 is 5.32 Å². The first kappa shape index (κ1) is 16.9. The topological polar surface area (TPSA) is 54.9 Å². The Balaban J connectivity index is 1.85. The minimum absolute atomic E-state index is 0.137. The number of nitrogens with one attached hydrogen (secondary N) is 1. The number of halogens is 1. The van der Waals surface area contributed by atoms with Crippen LogP contribution in [-0.4, -0.2) is 21.9 Å². The van der Waals surface area contributed by atoms with Crippen molar-refractivity contribution in [3.63, 3.8) is 0 Å². The maximum Gasteiger partial charge on any atom is 0.236 e. The molecule has 1 heterocycles. The summed E-state index contributed by atoms with van der Waals surface area (Å²) in [6.45, 7) is 4.24. The molecule has 0 aliphatic rings. The summed E-state index contributed by atoms with van der Waals surface area (Å²) >= 11 is 2.79. The summed E-state index contributed by atoms with van der Waals surface area (Å²) in [6.07, 6.45) is 2.03. The summed E-state index contributed by atoms with van der Waals surface area (Å²) < 4.78 is 12.8. The van der Waals surface area contributed by atoms with E-state index in [0.29, 0.717) is 11.0 Å². The Labute approximate surface area is 137 Å². The third-order valence-corrected chi connectivity index (χ3v) is 5.22. The molecule has 0 radical (unpaired) electrons. The highest BCUT2D eigenvalue weighted by Crippen LogP contribution is 2.28. The highest BCUT2D eigenvalue weighted by molar-refractivity contribution is 8.00. The molecule has 0 bridgehead atoms. The molecule has 1 aromatic carbocycles. The van der Waals surface area contributed by atoms with Crippen LogP contribution >= 0.6 is 23.1 Å². The van der Waals surface area contributed by atoms with Crippen LogP contribution in [-0.2, 0) is 4.79 Å². The highest BCUT2D eigenvalue weighted by atomic mass is 32.2.